The highest BCUT2D eigenvalue weighted by Gasteiger charge is 2.23. The fourth-order valence-corrected chi connectivity index (χ4v) is 4.34. The zero-order valence-corrected chi connectivity index (χ0v) is 16.4. The van der Waals surface area contributed by atoms with Gasteiger partial charge in [-0.15, -0.1) is 11.3 Å². The zero-order valence-electron chi connectivity index (χ0n) is 14.0. The largest absolute Gasteiger partial charge is 0.356 e. The number of aromatic nitrogens is 3. The number of ether oxygens (including phenoxy) is 1. The summed E-state index contributed by atoms with van der Waals surface area (Å²) >= 11 is 4.41. The summed E-state index contributed by atoms with van der Waals surface area (Å²) in [4.78, 5) is 16.9. The van der Waals surface area contributed by atoms with E-state index in [1.165, 1.54) is 23.6 Å². The number of nitrogens with zero attached hydrogens (tertiary/aromatic N) is 3. The van der Waals surface area contributed by atoms with Crippen LogP contribution in [-0.2, 0) is 4.74 Å². The second-order valence-electron chi connectivity index (χ2n) is 6.10. The molecule has 9 heteroatoms. The number of benzene rings is 1. The van der Waals surface area contributed by atoms with E-state index in [0.29, 0.717) is 26.5 Å². The third kappa shape index (κ3) is 3.15. The Balaban J connectivity index is 1.75. The molecule has 1 aromatic carbocycles. The van der Waals surface area contributed by atoms with Crippen molar-refractivity contribution in [1.29, 1.82) is 0 Å². The molecule has 26 heavy (non-hydrogen) atoms. The van der Waals surface area contributed by atoms with E-state index in [2.05, 4.69) is 31.3 Å². The highest BCUT2D eigenvalue weighted by Crippen LogP contribution is 2.34. The summed E-state index contributed by atoms with van der Waals surface area (Å²) < 4.78 is 22.7. The molecular weight excluding hydrogens is 423 g/mol. The molecule has 0 radical (unpaired) electrons. The van der Waals surface area contributed by atoms with Crippen LogP contribution in [0.3, 0.4) is 0 Å². The number of carbonyl (C=O) groups is 1. The maximum Gasteiger partial charge on any atom is 0.267 e. The van der Waals surface area contributed by atoms with Crippen molar-refractivity contribution < 1.29 is 13.9 Å². The summed E-state index contributed by atoms with van der Waals surface area (Å²) in [6, 6.07) is 3.03. The molecule has 1 amide bonds. The lowest BCUT2D eigenvalue weighted by molar-refractivity contribution is -0.0368. The van der Waals surface area contributed by atoms with Crippen molar-refractivity contribution in [3.05, 3.63) is 38.6 Å². The van der Waals surface area contributed by atoms with E-state index in [4.69, 9.17) is 4.74 Å². The molecule has 1 atom stereocenters. The van der Waals surface area contributed by atoms with Gasteiger partial charge in [-0.25, -0.2) is 14.1 Å². The Labute approximate surface area is 161 Å². The van der Waals surface area contributed by atoms with Crippen molar-refractivity contribution in [3.63, 3.8) is 0 Å². The number of nitrogens with one attached hydrogen (secondary N) is 1. The van der Waals surface area contributed by atoms with Gasteiger partial charge in [0, 0.05) is 12.0 Å². The average Bonchev–Trinajstić information content (AvgIpc) is 3.22. The van der Waals surface area contributed by atoms with Gasteiger partial charge in [-0.05, 0) is 54.2 Å². The molecule has 3 aromatic rings. The maximum absolute atomic E-state index is 14.5. The first-order valence-corrected chi connectivity index (χ1v) is 9.87. The number of hydrogen-bond acceptors (Lipinski definition) is 5. The van der Waals surface area contributed by atoms with Crippen LogP contribution >= 0.6 is 27.3 Å². The Bertz CT molecular complexity index is 981. The van der Waals surface area contributed by atoms with Gasteiger partial charge in [-0.1, -0.05) is 0 Å². The molecule has 3 heterocycles. The van der Waals surface area contributed by atoms with Gasteiger partial charge < -0.3 is 10.1 Å². The molecule has 0 bridgehead atoms. The van der Waals surface area contributed by atoms with Crippen molar-refractivity contribution in [2.24, 2.45) is 0 Å². The average molecular weight is 439 g/mol. The van der Waals surface area contributed by atoms with Crippen LogP contribution in [-0.4, -0.2) is 27.3 Å². The minimum Gasteiger partial charge on any atom is -0.356 e. The van der Waals surface area contributed by atoms with E-state index < -0.39 is 11.7 Å². The van der Waals surface area contributed by atoms with Crippen molar-refractivity contribution in [1.82, 2.24) is 14.8 Å². The molecule has 1 fully saturated rings. The second-order valence-corrected chi connectivity index (χ2v) is 8.41. The summed E-state index contributed by atoms with van der Waals surface area (Å²) in [6.07, 6.45) is 4.26. The topological polar surface area (TPSA) is 69.0 Å². The fraction of sp³-hybridized carbons (Fsp3) is 0.353. The number of halogens is 2. The minimum absolute atomic E-state index is 0.136. The van der Waals surface area contributed by atoms with Gasteiger partial charge in [-0.2, -0.15) is 5.10 Å². The molecule has 6 nitrogen and oxygen atoms in total. The molecule has 4 rings (SSSR count). The van der Waals surface area contributed by atoms with E-state index in [1.54, 1.807) is 17.7 Å². The van der Waals surface area contributed by atoms with Crippen molar-refractivity contribution in [2.45, 2.75) is 32.4 Å². The Morgan fingerprint density at radius 1 is 1.46 bits per heavy atom. The third-order valence-corrected chi connectivity index (χ3v) is 5.84. The first-order valence-electron chi connectivity index (χ1n) is 8.26. The van der Waals surface area contributed by atoms with Gasteiger partial charge in [0.05, 0.1) is 23.1 Å². The van der Waals surface area contributed by atoms with Crippen LogP contribution in [0, 0.1) is 12.7 Å². The highest BCUT2D eigenvalue weighted by molar-refractivity contribution is 9.11. The predicted octanol–water partition coefficient (Wildman–Crippen LogP) is 4.65. The minimum atomic E-state index is -0.498. The summed E-state index contributed by atoms with van der Waals surface area (Å²) in [5.74, 6) is -0.901. The van der Waals surface area contributed by atoms with Gasteiger partial charge in [0.1, 0.15) is 10.7 Å². The van der Waals surface area contributed by atoms with E-state index in [0.717, 1.165) is 24.8 Å². The lowest BCUT2D eigenvalue weighted by Gasteiger charge is -2.23. The number of anilines is 1. The molecule has 0 aliphatic carbocycles. The number of hydrogen-bond donors (Lipinski definition) is 1. The van der Waals surface area contributed by atoms with Gasteiger partial charge >= 0.3 is 0 Å². The van der Waals surface area contributed by atoms with E-state index in [9.17, 15) is 9.18 Å². The predicted molar refractivity (Wildman–Crippen MR) is 101 cm³/mol. The highest BCUT2D eigenvalue weighted by atomic mass is 79.9. The van der Waals surface area contributed by atoms with Crippen molar-refractivity contribution in [3.8, 4) is 0 Å². The van der Waals surface area contributed by atoms with Crippen LogP contribution in [0.2, 0.25) is 0 Å². The maximum atomic E-state index is 14.5. The van der Waals surface area contributed by atoms with Gasteiger partial charge in [0.15, 0.2) is 10.1 Å². The van der Waals surface area contributed by atoms with Crippen LogP contribution in [0.4, 0.5) is 10.1 Å². The lowest BCUT2D eigenvalue weighted by Crippen LogP contribution is -2.19. The number of aryl methyl sites for hydroxylation is 1. The Hall–Kier alpha value is -1.84. The van der Waals surface area contributed by atoms with Crippen LogP contribution in [0.5, 0.6) is 0 Å². The molecule has 1 aliphatic heterocycles. The molecule has 1 unspecified atom stereocenters. The van der Waals surface area contributed by atoms with Gasteiger partial charge in [0.2, 0.25) is 0 Å². The van der Waals surface area contributed by atoms with Crippen molar-refractivity contribution >= 4 is 49.8 Å². The van der Waals surface area contributed by atoms with Crippen LogP contribution in [0.15, 0.2) is 22.2 Å². The molecular formula is C17H16BrFN4O2S. The molecule has 2 aromatic heterocycles. The second kappa shape index (κ2) is 7.05. The number of carbonyl (C=O) groups excluding carboxylic acids is 1. The van der Waals surface area contributed by atoms with Crippen molar-refractivity contribution in [2.75, 3.05) is 11.9 Å². The molecule has 0 spiro atoms. The Kier molecular flexibility index (Phi) is 4.76. The first-order chi connectivity index (χ1) is 12.5. The Morgan fingerprint density at radius 3 is 3.00 bits per heavy atom. The Morgan fingerprint density at radius 2 is 2.31 bits per heavy atom. The molecule has 1 N–H and O–H groups in total. The molecule has 0 saturated carbocycles. The van der Waals surface area contributed by atoms with Crippen LogP contribution < -0.4 is 5.32 Å². The number of rotatable bonds is 3. The molecule has 1 saturated heterocycles. The fourth-order valence-electron chi connectivity index (χ4n) is 3.18. The van der Waals surface area contributed by atoms with E-state index in [-0.39, 0.29) is 11.9 Å². The normalized spacial score (nSPS) is 17.6. The summed E-state index contributed by atoms with van der Waals surface area (Å²) in [5.41, 5.74) is 1.53. The summed E-state index contributed by atoms with van der Waals surface area (Å²) in [6.45, 7) is 2.50. The van der Waals surface area contributed by atoms with Gasteiger partial charge in [0.25, 0.3) is 5.91 Å². The number of thiazole rings is 1. The summed E-state index contributed by atoms with van der Waals surface area (Å²) in [5, 5.41) is 7.83. The van der Waals surface area contributed by atoms with E-state index in [1.807, 2.05) is 0 Å². The lowest BCUT2D eigenvalue weighted by atomic mass is 10.1. The molecule has 1 aliphatic rings. The van der Waals surface area contributed by atoms with E-state index >= 15 is 0 Å². The summed E-state index contributed by atoms with van der Waals surface area (Å²) in [7, 11) is 0. The monoisotopic (exact) mass is 438 g/mol. The smallest absolute Gasteiger partial charge is 0.267 e. The SMILES string of the molecule is Cc1nn(C2CCCCO2)c2ccc(F)c(NC(=O)c3cnc(Br)s3)c12. The number of fused-ring (bicyclic) bond motifs is 1. The number of amides is 1. The van der Waals surface area contributed by atoms with Gasteiger partial charge in [-0.3, -0.25) is 4.79 Å². The third-order valence-electron chi connectivity index (χ3n) is 4.37. The molecule has 136 valence electrons. The van der Waals surface area contributed by atoms with Crippen LogP contribution in [0.25, 0.3) is 10.9 Å². The first kappa shape index (κ1) is 17.6. The standard InChI is InChI=1S/C17H16BrFN4O2S/c1-9-14-11(23(22-9)13-4-2-3-7-25-13)6-5-10(19)15(14)21-16(24)12-8-20-17(18)26-12/h5-6,8,13H,2-4,7H2,1H3,(H,21,24). The zero-order chi connectivity index (χ0) is 18.3. The van der Waals surface area contributed by atoms with Crippen LogP contribution in [0.1, 0.15) is 40.9 Å². The quantitative estimate of drug-likeness (QED) is 0.645.